The Morgan fingerprint density at radius 3 is 2.15 bits per heavy atom. The number of carbonyl (C=O) groups is 1. The smallest absolute Gasteiger partial charge is 0.307 e. The van der Waals surface area contributed by atoms with Crippen molar-refractivity contribution in [3.63, 3.8) is 0 Å². The second-order valence-electron chi connectivity index (χ2n) is 3.62. The quantitative estimate of drug-likeness (QED) is 0.840. The van der Waals surface area contributed by atoms with Gasteiger partial charge in [0.05, 0.1) is 9.31 Å². The van der Waals surface area contributed by atoms with Crippen LogP contribution in [0.1, 0.15) is 13.8 Å². The van der Waals surface area contributed by atoms with Crippen molar-refractivity contribution >= 4 is 50.2 Å². The minimum Gasteiger partial charge on any atom is -0.481 e. The van der Waals surface area contributed by atoms with E-state index in [2.05, 4.69) is 31.9 Å². The van der Waals surface area contributed by atoms with Crippen molar-refractivity contribution in [1.82, 2.24) is 0 Å². The van der Waals surface area contributed by atoms with Crippen LogP contribution >= 0.6 is 44.3 Å². The maximum Gasteiger partial charge on any atom is 0.307 e. The minimum atomic E-state index is -0.706. The van der Waals surface area contributed by atoms with Crippen molar-refractivity contribution in [3.8, 4) is 0 Å². The number of rotatable bonds is 2. The molecule has 0 saturated heterocycles. The summed E-state index contributed by atoms with van der Waals surface area (Å²) in [6.45, 7) is 3.94. The zero-order chi connectivity index (χ0) is 9.52. The summed E-state index contributed by atoms with van der Waals surface area (Å²) in [6.07, 6.45) is 1.90. The fourth-order valence-electron chi connectivity index (χ4n) is 1.60. The highest BCUT2D eigenvalue weighted by Crippen LogP contribution is 2.59. The Morgan fingerprint density at radius 1 is 1.46 bits per heavy atom. The standard InChI is InChI=1S/C8H10Br2O2.ClH/c1-8(2)4(3-5(9)10)6(8)7(11)12;/h3-4,6H,1-2H3,(H,11,12);1H/t4-,6-;/m1./s1. The van der Waals surface area contributed by atoms with E-state index in [9.17, 15) is 4.79 Å². The van der Waals surface area contributed by atoms with Gasteiger partial charge in [-0.3, -0.25) is 4.79 Å². The van der Waals surface area contributed by atoms with E-state index in [1.54, 1.807) is 0 Å². The molecule has 1 aliphatic carbocycles. The van der Waals surface area contributed by atoms with E-state index in [0.717, 1.165) is 3.39 Å². The van der Waals surface area contributed by atoms with E-state index < -0.39 is 5.97 Å². The molecule has 1 N–H and O–H groups in total. The average Bonchev–Trinajstić information content (AvgIpc) is 2.32. The molecule has 5 heteroatoms. The van der Waals surface area contributed by atoms with Gasteiger partial charge in [-0.05, 0) is 43.2 Å². The first-order valence-corrected chi connectivity index (χ1v) is 5.21. The maximum absolute atomic E-state index is 10.7. The topological polar surface area (TPSA) is 37.3 Å². The van der Waals surface area contributed by atoms with E-state index >= 15 is 0 Å². The number of carboxylic acid groups (broad SMARTS) is 1. The highest BCUT2D eigenvalue weighted by atomic mass is 79.9. The lowest BCUT2D eigenvalue weighted by Gasteiger charge is -1.96. The lowest BCUT2D eigenvalue weighted by Crippen LogP contribution is -2.02. The molecule has 0 aromatic heterocycles. The van der Waals surface area contributed by atoms with Gasteiger partial charge in [0.25, 0.3) is 0 Å². The molecule has 1 fully saturated rings. The van der Waals surface area contributed by atoms with Crippen molar-refractivity contribution in [3.05, 3.63) is 9.47 Å². The van der Waals surface area contributed by atoms with Gasteiger partial charge in [-0.15, -0.1) is 12.4 Å². The second-order valence-corrected chi connectivity index (χ2v) is 6.39. The molecule has 0 heterocycles. The predicted octanol–water partition coefficient (Wildman–Crippen LogP) is 3.40. The normalized spacial score (nSPS) is 28.6. The van der Waals surface area contributed by atoms with Crippen molar-refractivity contribution in [2.45, 2.75) is 13.8 Å². The van der Waals surface area contributed by atoms with E-state index in [1.165, 1.54) is 0 Å². The van der Waals surface area contributed by atoms with E-state index in [-0.39, 0.29) is 29.7 Å². The molecular formula is C8H11Br2ClO2. The summed E-state index contributed by atoms with van der Waals surface area (Å²) in [5, 5.41) is 8.81. The molecule has 0 unspecified atom stereocenters. The third kappa shape index (κ3) is 2.70. The second kappa shape index (κ2) is 4.32. The van der Waals surface area contributed by atoms with E-state index in [0.29, 0.717) is 0 Å². The summed E-state index contributed by atoms with van der Waals surface area (Å²) < 4.78 is 0.830. The summed E-state index contributed by atoms with van der Waals surface area (Å²) in [7, 11) is 0. The summed E-state index contributed by atoms with van der Waals surface area (Å²) in [6, 6.07) is 0. The highest BCUT2D eigenvalue weighted by Gasteiger charge is 2.60. The van der Waals surface area contributed by atoms with Gasteiger partial charge in [0, 0.05) is 0 Å². The SMILES string of the molecule is CC1(C)[C@H](C=C(Br)Br)[C@@H]1C(=O)O.Cl. The number of hydrogen-bond acceptors (Lipinski definition) is 1. The predicted molar refractivity (Wildman–Crippen MR) is 61.6 cm³/mol. The molecule has 2 nitrogen and oxygen atoms in total. The van der Waals surface area contributed by atoms with Gasteiger partial charge in [0.15, 0.2) is 0 Å². The van der Waals surface area contributed by atoms with Crippen LogP contribution in [0, 0.1) is 17.3 Å². The van der Waals surface area contributed by atoms with Crippen LogP contribution in [0.2, 0.25) is 0 Å². The van der Waals surface area contributed by atoms with Crippen molar-refractivity contribution in [2.24, 2.45) is 17.3 Å². The van der Waals surface area contributed by atoms with Crippen LogP contribution in [0.4, 0.5) is 0 Å². The number of carboxylic acids is 1. The fourth-order valence-corrected chi connectivity index (χ4v) is 2.17. The third-order valence-electron chi connectivity index (χ3n) is 2.48. The van der Waals surface area contributed by atoms with E-state index in [4.69, 9.17) is 5.11 Å². The van der Waals surface area contributed by atoms with Crippen LogP contribution in [0.15, 0.2) is 9.47 Å². The van der Waals surface area contributed by atoms with Crippen molar-refractivity contribution in [1.29, 1.82) is 0 Å². The van der Waals surface area contributed by atoms with Gasteiger partial charge in [0.1, 0.15) is 0 Å². The molecule has 2 atom stereocenters. The number of hydrogen-bond donors (Lipinski definition) is 1. The maximum atomic E-state index is 10.7. The summed E-state index contributed by atoms with van der Waals surface area (Å²) in [5.74, 6) is -0.797. The third-order valence-corrected chi connectivity index (χ3v) is 3.01. The molecule has 0 spiro atoms. The Kier molecular flexibility index (Phi) is 4.47. The lowest BCUT2D eigenvalue weighted by atomic mass is 10.1. The zero-order valence-electron chi connectivity index (χ0n) is 7.25. The molecule has 1 aliphatic rings. The highest BCUT2D eigenvalue weighted by molar-refractivity contribution is 9.28. The van der Waals surface area contributed by atoms with Crippen molar-refractivity contribution < 1.29 is 9.90 Å². The zero-order valence-corrected chi connectivity index (χ0v) is 11.2. The van der Waals surface area contributed by atoms with Gasteiger partial charge >= 0.3 is 5.97 Å². The van der Waals surface area contributed by atoms with Gasteiger partial charge in [-0.2, -0.15) is 0 Å². The Morgan fingerprint density at radius 2 is 1.92 bits per heavy atom. The van der Waals surface area contributed by atoms with Crippen LogP contribution < -0.4 is 0 Å². The van der Waals surface area contributed by atoms with Crippen LogP contribution in [-0.2, 0) is 4.79 Å². The molecule has 0 aromatic carbocycles. The summed E-state index contributed by atoms with van der Waals surface area (Å²) in [5.41, 5.74) is -0.0986. The summed E-state index contributed by atoms with van der Waals surface area (Å²) in [4.78, 5) is 10.7. The molecule has 0 aliphatic heterocycles. The van der Waals surface area contributed by atoms with Crippen LogP contribution in [0.3, 0.4) is 0 Å². The van der Waals surface area contributed by atoms with Gasteiger partial charge < -0.3 is 5.11 Å². The summed E-state index contributed by atoms with van der Waals surface area (Å²) >= 11 is 6.46. The molecule has 0 amide bonds. The largest absolute Gasteiger partial charge is 0.481 e. The Labute approximate surface area is 100 Å². The molecule has 0 aromatic rings. The fraction of sp³-hybridized carbons (Fsp3) is 0.625. The lowest BCUT2D eigenvalue weighted by molar-refractivity contribution is -0.139. The van der Waals surface area contributed by atoms with Crippen LogP contribution in [0.5, 0.6) is 0 Å². The van der Waals surface area contributed by atoms with Gasteiger partial charge in [-0.1, -0.05) is 19.9 Å². The number of halogens is 3. The van der Waals surface area contributed by atoms with Crippen molar-refractivity contribution in [2.75, 3.05) is 0 Å². The Bertz CT molecular complexity index is 247. The first-order chi connectivity index (χ1) is 5.37. The van der Waals surface area contributed by atoms with Crippen LogP contribution in [0.25, 0.3) is 0 Å². The molecule has 1 saturated carbocycles. The molecule has 0 bridgehead atoms. The molecule has 0 radical (unpaired) electrons. The van der Waals surface area contributed by atoms with Gasteiger partial charge in [0.2, 0.25) is 0 Å². The minimum absolute atomic E-state index is 0. The number of aliphatic carboxylic acids is 1. The molecule has 76 valence electrons. The van der Waals surface area contributed by atoms with E-state index in [1.807, 2.05) is 19.9 Å². The monoisotopic (exact) mass is 332 g/mol. The molecule has 13 heavy (non-hydrogen) atoms. The van der Waals surface area contributed by atoms with Gasteiger partial charge in [-0.25, -0.2) is 0 Å². The Hall–Kier alpha value is 0.460. The first-order valence-electron chi connectivity index (χ1n) is 3.63. The van der Waals surface area contributed by atoms with Crippen LogP contribution in [-0.4, -0.2) is 11.1 Å². The molecule has 1 rings (SSSR count). The number of allylic oxidation sites excluding steroid dienone is 1. The Balaban J connectivity index is 0.00000144. The average molecular weight is 334 g/mol. The first kappa shape index (κ1) is 13.5. The molecular weight excluding hydrogens is 323 g/mol.